The molecule has 1 saturated carbocycles. The standard InChI is InChI=1S/C23H31F3N2O4/c1-21(2,3)32-20(29)28-10-13-14(11-28)17(13)18-19(31-18)27-22(4,5)12-30-16-9-7-6-8-15(16)23(24,25)26/h6-9,13-14,17-19,27H,10-12H2,1-5H3/t13-,14+,17?,18?,19?. The Balaban J connectivity index is 1.24. The van der Waals surface area contributed by atoms with Gasteiger partial charge in [-0.2, -0.15) is 13.2 Å². The van der Waals surface area contributed by atoms with Gasteiger partial charge in [0, 0.05) is 18.6 Å². The van der Waals surface area contributed by atoms with Gasteiger partial charge in [0.05, 0.1) is 5.56 Å². The van der Waals surface area contributed by atoms with Crippen LogP contribution in [-0.4, -0.2) is 54.2 Å². The SMILES string of the molecule is CC(C)(COc1ccccc1C(F)(F)F)NC1OC1C1[C@H]2CN(C(=O)OC(C)(C)C)C[C@@H]12. The lowest BCUT2D eigenvalue weighted by Gasteiger charge is -2.27. The summed E-state index contributed by atoms with van der Waals surface area (Å²) in [7, 11) is 0. The van der Waals surface area contributed by atoms with Gasteiger partial charge in [-0.3, -0.25) is 5.32 Å². The summed E-state index contributed by atoms with van der Waals surface area (Å²) in [5.41, 5.74) is -1.87. The molecule has 178 valence electrons. The normalized spacial score (nSPS) is 29.5. The molecule has 0 spiro atoms. The number of benzene rings is 1. The molecule has 1 amide bonds. The number of nitrogens with one attached hydrogen (secondary N) is 1. The van der Waals surface area contributed by atoms with E-state index in [1.807, 2.05) is 34.6 Å². The number of nitrogens with zero attached hydrogens (tertiary/aromatic N) is 1. The van der Waals surface area contributed by atoms with Crippen LogP contribution in [0.15, 0.2) is 24.3 Å². The van der Waals surface area contributed by atoms with Crippen LogP contribution in [0, 0.1) is 17.8 Å². The van der Waals surface area contributed by atoms with Gasteiger partial charge in [0.15, 0.2) is 0 Å². The first-order chi connectivity index (χ1) is 14.8. The highest BCUT2D eigenvalue weighted by atomic mass is 19.4. The summed E-state index contributed by atoms with van der Waals surface area (Å²) in [6, 6.07) is 5.22. The number of rotatable bonds is 6. The second-order valence-electron chi connectivity index (χ2n) is 10.6. The first kappa shape index (κ1) is 23.2. The highest BCUT2D eigenvalue weighted by molar-refractivity contribution is 5.69. The maximum absolute atomic E-state index is 13.2. The number of piperidine rings is 1. The van der Waals surface area contributed by atoms with Crippen molar-refractivity contribution in [2.24, 2.45) is 17.8 Å². The molecule has 2 aliphatic heterocycles. The van der Waals surface area contributed by atoms with Crippen LogP contribution in [-0.2, 0) is 15.7 Å². The molecule has 6 nitrogen and oxygen atoms in total. The van der Waals surface area contributed by atoms with Gasteiger partial charge in [0.1, 0.15) is 30.3 Å². The third-order valence-electron chi connectivity index (χ3n) is 6.13. The summed E-state index contributed by atoms with van der Waals surface area (Å²) in [6.07, 6.45) is -4.83. The van der Waals surface area contributed by atoms with E-state index in [1.54, 1.807) is 4.90 Å². The van der Waals surface area contributed by atoms with Crippen LogP contribution in [0.2, 0.25) is 0 Å². The number of ether oxygens (including phenoxy) is 3. The van der Waals surface area contributed by atoms with Gasteiger partial charge < -0.3 is 19.1 Å². The van der Waals surface area contributed by atoms with E-state index in [0.29, 0.717) is 30.8 Å². The Morgan fingerprint density at radius 2 is 1.75 bits per heavy atom. The number of fused-ring (bicyclic) bond motifs is 1. The summed E-state index contributed by atoms with van der Waals surface area (Å²) >= 11 is 0. The molecule has 32 heavy (non-hydrogen) atoms. The van der Waals surface area contributed by atoms with E-state index >= 15 is 0 Å². The molecule has 0 aromatic heterocycles. The highest BCUT2D eigenvalue weighted by Gasteiger charge is 2.66. The van der Waals surface area contributed by atoms with Crippen molar-refractivity contribution in [3.63, 3.8) is 0 Å². The van der Waals surface area contributed by atoms with E-state index in [4.69, 9.17) is 14.2 Å². The van der Waals surface area contributed by atoms with Crippen molar-refractivity contribution in [1.82, 2.24) is 10.2 Å². The van der Waals surface area contributed by atoms with Gasteiger partial charge in [-0.1, -0.05) is 12.1 Å². The maximum atomic E-state index is 13.2. The molecule has 0 radical (unpaired) electrons. The number of epoxide rings is 1. The molecule has 1 aromatic carbocycles. The molecule has 5 atom stereocenters. The molecule has 4 rings (SSSR count). The quantitative estimate of drug-likeness (QED) is 0.647. The van der Waals surface area contributed by atoms with Gasteiger partial charge in [-0.25, -0.2) is 4.79 Å². The van der Waals surface area contributed by atoms with Crippen molar-refractivity contribution in [3.05, 3.63) is 29.8 Å². The molecule has 9 heteroatoms. The number of amides is 1. The van der Waals surface area contributed by atoms with Crippen molar-refractivity contribution in [2.45, 2.75) is 64.3 Å². The van der Waals surface area contributed by atoms with Gasteiger partial charge in [0.25, 0.3) is 0 Å². The summed E-state index contributed by atoms with van der Waals surface area (Å²) in [5.74, 6) is 1.05. The first-order valence-electron chi connectivity index (χ1n) is 11.0. The molecule has 1 aromatic rings. The van der Waals surface area contributed by atoms with Gasteiger partial charge in [-0.05, 0) is 64.5 Å². The van der Waals surface area contributed by atoms with Crippen molar-refractivity contribution >= 4 is 6.09 Å². The van der Waals surface area contributed by atoms with E-state index in [-0.39, 0.29) is 30.8 Å². The predicted octanol–water partition coefficient (Wildman–Crippen LogP) is 4.29. The van der Waals surface area contributed by atoms with Gasteiger partial charge >= 0.3 is 12.3 Å². The van der Waals surface area contributed by atoms with Crippen LogP contribution in [0.5, 0.6) is 5.75 Å². The Kier molecular flexibility index (Phi) is 5.65. The first-order valence-corrected chi connectivity index (χ1v) is 11.0. The molecule has 3 fully saturated rings. The van der Waals surface area contributed by atoms with Crippen LogP contribution in [0.4, 0.5) is 18.0 Å². The number of halogens is 3. The summed E-state index contributed by atoms with van der Waals surface area (Å²) in [6.45, 7) is 10.7. The molecule has 2 heterocycles. The number of hydrogen-bond acceptors (Lipinski definition) is 5. The lowest BCUT2D eigenvalue weighted by atomic mass is 10.1. The minimum Gasteiger partial charge on any atom is -0.491 e. The Labute approximate surface area is 186 Å². The van der Waals surface area contributed by atoms with Crippen molar-refractivity contribution in [2.75, 3.05) is 19.7 Å². The zero-order valence-corrected chi connectivity index (χ0v) is 19.0. The summed E-state index contributed by atoms with van der Waals surface area (Å²) in [4.78, 5) is 14.0. The summed E-state index contributed by atoms with van der Waals surface area (Å²) in [5, 5.41) is 3.35. The maximum Gasteiger partial charge on any atom is 0.419 e. The third-order valence-corrected chi connectivity index (χ3v) is 6.13. The second-order valence-corrected chi connectivity index (χ2v) is 10.6. The van der Waals surface area contributed by atoms with Crippen molar-refractivity contribution in [1.29, 1.82) is 0 Å². The minimum absolute atomic E-state index is 0.0625. The lowest BCUT2D eigenvalue weighted by Crippen LogP contribution is -2.47. The molecule has 1 aliphatic carbocycles. The van der Waals surface area contributed by atoms with E-state index in [1.165, 1.54) is 18.2 Å². The minimum atomic E-state index is -4.46. The zero-order chi connectivity index (χ0) is 23.5. The van der Waals surface area contributed by atoms with E-state index < -0.39 is 22.9 Å². The van der Waals surface area contributed by atoms with Crippen LogP contribution in [0.3, 0.4) is 0 Å². The average molecular weight is 457 g/mol. The molecule has 3 aliphatic rings. The third kappa shape index (κ3) is 5.14. The topological polar surface area (TPSA) is 63.3 Å². The van der Waals surface area contributed by atoms with Crippen LogP contribution in [0.1, 0.15) is 40.2 Å². The monoisotopic (exact) mass is 456 g/mol. The number of alkyl halides is 3. The van der Waals surface area contributed by atoms with E-state index in [0.717, 1.165) is 6.07 Å². The van der Waals surface area contributed by atoms with E-state index in [2.05, 4.69) is 5.32 Å². The number of para-hydroxylation sites is 1. The molecular weight excluding hydrogens is 425 g/mol. The number of carbonyl (C=O) groups is 1. The van der Waals surface area contributed by atoms with Crippen molar-refractivity contribution in [3.8, 4) is 5.75 Å². The Morgan fingerprint density at radius 1 is 1.12 bits per heavy atom. The second kappa shape index (κ2) is 7.80. The Bertz CT molecular complexity index is 856. The average Bonchev–Trinajstić information content (AvgIpc) is 3.50. The number of hydrogen-bond donors (Lipinski definition) is 1. The van der Waals surface area contributed by atoms with Crippen LogP contribution in [0.25, 0.3) is 0 Å². The Morgan fingerprint density at radius 3 is 2.34 bits per heavy atom. The molecule has 2 saturated heterocycles. The van der Waals surface area contributed by atoms with Gasteiger partial charge in [0.2, 0.25) is 0 Å². The van der Waals surface area contributed by atoms with Gasteiger partial charge in [-0.15, -0.1) is 0 Å². The smallest absolute Gasteiger partial charge is 0.419 e. The fourth-order valence-corrected chi connectivity index (χ4v) is 4.58. The van der Waals surface area contributed by atoms with Crippen LogP contribution < -0.4 is 10.1 Å². The zero-order valence-electron chi connectivity index (χ0n) is 19.0. The largest absolute Gasteiger partial charge is 0.491 e. The summed E-state index contributed by atoms with van der Waals surface area (Å²) < 4.78 is 56.3. The van der Waals surface area contributed by atoms with Crippen LogP contribution >= 0.6 is 0 Å². The number of likely N-dealkylation sites (tertiary alicyclic amines) is 1. The number of carbonyl (C=O) groups excluding carboxylic acids is 1. The predicted molar refractivity (Wildman–Crippen MR) is 111 cm³/mol. The molecule has 0 bridgehead atoms. The van der Waals surface area contributed by atoms with E-state index in [9.17, 15) is 18.0 Å². The lowest BCUT2D eigenvalue weighted by molar-refractivity contribution is -0.139. The highest BCUT2D eigenvalue weighted by Crippen LogP contribution is 2.58. The fraction of sp³-hybridized carbons (Fsp3) is 0.696. The molecular formula is C23H31F3N2O4. The molecule has 1 N–H and O–H groups in total. The Hall–Kier alpha value is -2.00. The molecule has 3 unspecified atom stereocenters. The van der Waals surface area contributed by atoms with Crippen molar-refractivity contribution < 1.29 is 32.2 Å². The fourth-order valence-electron chi connectivity index (χ4n) is 4.58.